The largest absolute Gasteiger partial charge is 0.377 e. The lowest BCUT2D eigenvalue weighted by molar-refractivity contribution is -0.124. The van der Waals surface area contributed by atoms with Gasteiger partial charge in [-0.2, -0.15) is 0 Å². The summed E-state index contributed by atoms with van der Waals surface area (Å²) in [4.78, 5) is 22.6. The lowest BCUT2D eigenvalue weighted by atomic mass is 10.1. The van der Waals surface area contributed by atoms with Gasteiger partial charge in [-0.25, -0.2) is 15.8 Å². The van der Waals surface area contributed by atoms with Crippen LogP contribution < -0.4 is 21.5 Å². The molecule has 0 spiro atoms. The molecule has 0 radical (unpaired) electrons. The highest BCUT2D eigenvalue weighted by molar-refractivity contribution is 5.85. The van der Waals surface area contributed by atoms with E-state index in [0.29, 0.717) is 25.6 Å². The van der Waals surface area contributed by atoms with Crippen LogP contribution in [0.4, 0.5) is 11.6 Å². The van der Waals surface area contributed by atoms with E-state index in [1.807, 2.05) is 4.90 Å². The number of hydrogen-bond acceptors (Lipinski definition) is 7. The fourth-order valence-corrected chi connectivity index (χ4v) is 2.50. The molecule has 8 heteroatoms. The molecule has 1 aliphatic heterocycles. The Bertz CT molecular complexity index is 496. The zero-order chi connectivity index (χ0) is 15.2. The van der Waals surface area contributed by atoms with Crippen molar-refractivity contribution in [1.82, 2.24) is 15.3 Å². The zero-order valence-electron chi connectivity index (χ0n) is 12.4. The van der Waals surface area contributed by atoms with Gasteiger partial charge in [0.2, 0.25) is 5.91 Å². The summed E-state index contributed by atoms with van der Waals surface area (Å²) >= 11 is 0. The number of rotatable bonds is 5. The molecule has 1 amide bonds. The van der Waals surface area contributed by atoms with Crippen LogP contribution in [0.1, 0.15) is 18.9 Å². The molecule has 1 aromatic rings. The molecule has 2 rings (SSSR count). The van der Waals surface area contributed by atoms with Crippen LogP contribution >= 0.6 is 0 Å². The van der Waals surface area contributed by atoms with Crippen LogP contribution in [0.25, 0.3) is 0 Å². The molecule has 2 heterocycles. The first-order valence-electron chi connectivity index (χ1n) is 7.09. The minimum atomic E-state index is -0.389. The second-order valence-corrected chi connectivity index (χ2v) is 4.82. The van der Waals surface area contributed by atoms with Crippen LogP contribution in [-0.4, -0.2) is 48.7 Å². The number of hydrazine groups is 1. The number of nitrogen functional groups attached to an aromatic ring is 1. The highest BCUT2D eigenvalue weighted by Gasteiger charge is 2.31. The average molecular weight is 294 g/mol. The molecular formula is C13H22N6O2. The van der Waals surface area contributed by atoms with Gasteiger partial charge in [0.05, 0.1) is 13.2 Å². The van der Waals surface area contributed by atoms with Gasteiger partial charge in [0.25, 0.3) is 0 Å². The molecule has 1 saturated heterocycles. The van der Waals surface area contributed by atoms with Gasteiger partial charge in [0, 0.05) is 19.2 Å². The average Bonchev–Trinajstić information content (AvgIpc) is 2.54. The number of anilines is 2. The summed E-state index contributed by atoms with van der Waals surface area (Å²) in [5, 5.41) is 2.67. The maximum atomic E-state index is 12.1. The van der Waals surface area contributed by atoms with E-state index in [0.717, 1.165) is 24.2 Å². The number of amides is 1. The van der Waals surface area contributed by atoms with E-state index < -0.39 is 0 Å². The predicted molar refractivity (Wildman–Crippen MR) is 79.9 cm³/mol. The Balaban J connectivity index is 2.40. The van der Waals surface area contributed by atoms with Gasteiger partial charge in [0.15, 0.2) is 0 Å². The van der Waals surface area contributed by atoms with Gasteiger partial charge in [-0.15, -0.1) is 0 Å². The summed E-state index contributed by atoms with van der Waals surface area (Å²) < 4.78 is 5.43. The lowest BCUT2D eigenvalue weighted by Gasteiger charge is -2.36. The van der Waals surface area contributed by atoms with E-state index in [4.69, 9.17) is 10.6 Å². The second-order valence-electron chi connectivity index (χ2n) is 4.82. The quantitative estimate of drug-likeness (QED) is 0.504. The van der Waals surface area contributed by atoms with Crippen molar-refractivity contribution in [3.8, 4) is 0 Å². The van der Waals surface area contributed by atoms with E-state index in [1.54, 1.807) is 7.05 Å². The number of hydrogen-bond donors (Lipinski definition) is 3. The van der Waals surface area contributed by atoms with Gasteiger partial charge in [-0.3, -0.25) is 4.79 Å². The molecule has 1 atom stereocenters. The first-order chi connectivity index (χ1) is 10.2. The Kier molecular flexibility index (Phi) is 5.29. The minimum absolute atomic E-state index is 0.0852. The summed E-state index contributed by atoms with van der Waals surface area (Å²) in [5.41, 5.74) is 3.54. The van der Waals surface area contributed by atoms with E-state index in [9.17, 15) is 4.79 Å². The topological polar surface area (TPSA) is 105 Å². The maximum absolute atomic E-state index is 12.1. The summed E-state index contributed by atoms with van der Waals surface area (Å²) in [5.74, 6) is 6.80. The molecule has 0 saturated carbocycles. The van der Waals surface area contributed by atoms with Crippen molar-refractivity contribution in [3.05, 3.63) is 11.9 Å². The fourth-order valence-electron chi connectivity index (χ4n) is 2.50. The SMILES string of the molecule is CCCc1c(NN)ncnc1N1CCOCC1C(=O)NC. The van der Waals surface area contributed by atoms with Crippen molar-refractivity contribution in [3.63, 3.8) is 0 Å². The van der Waals surface area contributed by atoms with E-state index >= 15 is 0 Å². The minimum Gasteiger partial charge on any atom is -0.377 e. The Morgan fingerprint density at radius 1 is 1.57 bits per heavy atom. The fraction of sp³-hybridized carbons (Fsp3) is 0.615. The zero-order valence-corrected chi connectivity index (χ0v) is 12.4. The lowest BCUT2D eigenvalue weighted by Crippen LogP contribution is -2.54. The summed E-state index contributed by atoms with van der Waals surface area (Å²) in [6, 6.07) is -0.389. The number of carbonyl (C=O) groups is 1. The second kappa shape index (κ2) is 7.19. The van der Waals surface area contributed by atoms with Gasteiger partial charge in [0.1, 0.15) is 24.0 Å². The standard InChI is InChI=1S/C13H22N6O2/c1-3-4-9-11(18-14)16-8-17-12(9)19-5-6-21-7-10(19)13(20)15-2/h8,10H,3-7,14H2,1-2H3,(H,15,20)(H,16,17,18). The van der Waals surface area contributed by atoms with E-state index in [2.05, 4.69) is 27.6 Å². The molecule has 8 nitrogen and oxygen atoms in total. The smallest absolute Gasteiger partial charge is 0.244 e. The molecule has 0 aromatic carbocycles. The number of morpholine rings is 1. The number of nitrogens with one attached hydrogen (secondary N) is 2. The molecule has 4 N–H and O–H groups in total. The molecule has 0 aliphatic carbocycles. The van der Waals surface area contributed by atoms with Crippen LogP contribution in [0.2, 0.25) is 0 Å². The van der Waals surface area contributed by atoms with Crippen LogP contribution in [-0.2, 0) is 16.0 Å². The molecule has 1 aliphatic rings. The molecule has 1 aromatic heterocycles. The summed E-state index contributed by atoms with van der Waals surface area (Å²) in [6.45, 7) is 3.59. The Morgan fingerprint density at radius 2 is 2.38 bits per heavy atom. The van der Waals surface area contributed by atoms with Gasteiger partial charge >= 0.3 is 0 Å². The van der Waals surface area contributed by atoms with Crippen molar-refractivity contribution in [1.29, 1.82) is 0 Å². The van der Waals surface area contributed by atoms with Gasteiger partial charge in [-0.05, 0) is 6.42 Å². The number of likely N-dealkylation sites (N-methyl/N-ethyl adjacent to an activating group) is 1. The molecule has 0 bridgehead atoms. The predicted octanol–water partition coefficient (Wildman–Crippen LogP) is -0.334. The molecular weight excluding hydrogens is 272 g/mol. The van der Waals surface area contributed by atoms with Crippen molar-refractivity contribution in [2.24, 2.45) is 5.84 Å². The number of nitrogens with zero attached hydrogens (tertiary/aromatic N) is 3. The number of aromatic nitrogens is 2. The molecule has 1 unspecified atom stereocenters. The van der Waals surface area contributed by atoms with Crippen molar-refractivity contribution in [2.75, 3.05) is 37.1 Å². The molecule has 116 valence electrons. The summed E-state index contributed by atoms with van der Waals surface area (Å²) in [6.07, 6.45) is 3.18. The number of ether oxygens (including phenoxy) is 1. The van der Waals surface area contributed by atoms with Crippen LogP contribution in [0.15, 0.2) is 6.33 Å². The Morgan fingerprint density at radius 3 is 3.05 bits per heavy atom. The van der Waals surface area contributed by atoms with E-state index in [-0.39, 0.29) is 11.9 Å². The first kappa shape index (κ1) is 15.5. The number of nitrogens with two attached hydrogens (primary N) is 1. The van der Waals surface area contributed by atoms with Crippen molar-refractivity contribution in [2.45, 2.75) is 25.8 Å². The monoisotopic (exact) mass is 294 g/mol. The van der Waals surface area contributed by atoms with E-state index in [1.165, 1.54) is 6.33 Å². The number of carbonyl (C=O) groups excluding carboxylic acids is 1. The van der Waals surface area contributed by atoms with Gasteiger partial charge < -0.3 is 20.4 Å². The summed E-state index contributed by atoms with van der Waals surface area (Å²) in [7, 11) is 1.62. The van der Waals surface area contributed by atoms with Crippen LogP contribution in [0.3, 0.4) is 0 Å². The molecule has 21 heavy (non-hydrogen) atoms. The third-order valence-electron chi connectivity index (χ3n) is 3.51. The third kappa shape index (κ3) is 3.22. The highest BCUT2D eigenvalue weighted by Crippen LogP contribution is 2.27. The van der Waals surface area contributed by atoms with Gasteiger partial charge in [-0.1, -0.05) is 13.3 Å². The highest BCUT2D eigenvalue weighted by atomic mass is 16.5. The van der Waals surface area contributed by atoms with Crippen LogP contribution in [0.5, 0.6) is 0 Å². The van der Waals surface area contributed by atoms with Crippen molar-refractivity contribution >= 4 is 17.5 Å². The molecule has 1 fully saturated rings. The third-order valence-corrected chi connectivity index (χ3v) is 3.51. The Labute approximate surface area is 124 Å². The Hall–Kier alpha value is -1.93. The maximum Gasteiger partial charge on any atom is 0.244 e. The van der Waals surface area contributed by atoms with Crippen LogP contribution in [0, 0.1) is 0 Å². The first-order valence-corrected chi connectivity index (χ1v) is 7.09. The van der Waals surface area contributed by atoms with Crippen molar-refractivity contribution < 1.29 is 9.53 Å². The normalized spacial score (nSPS) is 18.4.